The molecule has 0 bridgehead atoms. The van der Waals surface area contributed by atoms with E-state index in [1.807, 2.05) is 37.3 Å². The molecule has 0 atom stereocenters. The summed E-state index contributed by atoms with van der Waals surface area (Å²) in [5.74, 6) is 0.358. The summed E-state index contributed by atoms with van der Waals surface area (Å²) in [6, 6.07) is 9.69. The van der Waals surface area contributed by atoms with E-state index in [9.17, 15) is 15.0 Å². The van der Waals surface area contributed by atoms with Gasteiger partial charge in [-0.3, -0.25) is 0 Å². The van der Waals surface area contributed by atoms with Crippen molar-refractivity contribution in [1.82, 2.24) is 4.90 Å². The Morgan fingerprint density at radius 3 is 2.43 bits per heavy atom. The molecule has 0 saturated heterocycles. The third kappa shape index (κ3) is 4.46. The molecule has 1 aliphatic carbocycles. The van der Waals surface area contributed by atoms with E-state index in [0.717, 1.165) is 37.7 Å². The van der Waals surface area contributed by atoms with Crippen LogP contribution in [0.5, 0.6) is 0 Å². The van der Waals surface area contributed by atoms with Crippen molar-refractivity contribution >= 4 is 6.09 Å². The average molecular weight is 291 g/mol. The fraction of sp³-hybridized carbons (Fsp3) is 0.588. The fourth-order valence-electron chi connectivity index (χ4n) is 3.08. The zero-order chi connectivity index (χ0) is 15.3. The first kappa shape index (κ1) is 15.8. The van der Waals surface area contributed by atoms with E-state index in [0.29, 0.717) is 19.0 Å². The lowest BCUT2D eigenvalue weighted by molar-refractivity contribution is -0.0161. The van der Waals surface area contributed by atoms with Gasteiger partial charge in [-0.15, -0.1) is 0 Å². The molecule has 116 valence electrons. The van der Waals surface area contributed by atoms with Crippen LogP contribution in [0, 0.1) is 5.92 Å². The van der Waals surface area contributed by atoms with Crippen LogP contribution in [0.2, 0.25) is 0 Å². The van der Waals surface area contributed by atoms with Crippen LogP contribution >= 0.6 is 0 Å². The van der Waals surface area contributed by atoms with Crippen LogP contribution in [-0.2, 0) is 6.54 Å². The lowest BCUT2D eigenvalue weighted by Gasteiger charge is -2.36. The fourth-order valence-corrected chi connectivity index (χ4v) is 3.08. The van der Waals surface area contributed by atoms with E-state index in [1.54, 1.807) is 0 Å². The summed E-state index contributed by atoms with van der Waals surface area (Å²) < 4.78 is 0. The molecule has 1 saturated carbocycles. The molecule has 2 rings (SSSR count). The normalized spacial score (nSPS) is 25.5. The Labute approximate surface area is 126 Å². The summed E-state index contributed by atoms with van der Waals surface area (Å²) in [5.41, 5.74) is 0.491. The van der Waals surface area contributed by atoms with Crippen molar-refractivity contribution in [2.45, 2.75) is 51.2 Å². The molecule has 21 heavy (non-hydrogen) atoms. The molecule has 1 amide bonds. The molecule has 0 heterocycles. The lowest BCUT2D eigenvalue weighted by atomic mass is 9.77. The molecule has 1 aromatic carbocycles. The second-order valence-electron chi connectivity index (χ2n) is 6.17. The predicted molar refractivity (Wildman–Crippen MR) is 82.1 cm³/mol. The maximum atomic E-state index is 11.4. The van der Waals surface area contributed by atoms with Gasteiger partial charge in [-0.1, -0.05) is 37.3 Å². The van der Waals surface area contributed by atoms with Crippen molar-refractivity contribution in [2.24, 2.45) is 5.92 Å². The van der Waals surface area contributed by atoms with Gasteiger partial charge in [0.15, 0.2) is 0 Å². The quantitative estimate of drug-likeness (QED) is 0.873. The van der Waals surface area contributed by atoms with Gasteiger partial charge in [0.2, 0.25) is 0 Å². The van der Waals surface area contributed by atoms with Crippen molar-refractivity contribution in [3.05, 3.63) is 35.9 Å². The summed E-state index contributed by atoms with van der Waals surface area (Å²) in [6.07, 6.45) is 3.30. The highest BCUT2D eigenvalue weighted by atomic mass is 16.4. The SMILES string of the molecule is CCC1(O)CCC(CN(Cc2ccccc2)C(=O)O)CC1. The van der Waals surface area contributed by atoms with E-state index in [-0.39, 0.29) is 0 Å². The standard InChI is InChI=1S/C17H25NO3/c1-2-17(21)10-8-15(9-11-17)13-18(16(19)20)12-14-6-4-3-5-7-14/h3-7,15,21H,2,8-13H2,1H3,(H,19,20). The molecule has 4 heteroatoms. The van der Waals surface area contributed by atoms with Crippen LogP contribution in [0.15, 0.2) is 30.3 Å². The van der Waals surface area contributed by atoms with Crippen LogP contribution in [0.3, 0.4) is 0 Å². The highest BCUT2D eigenvalue weighted by Gasteiger charge is 2.32. The molecule has 1 aromatic rings. The summed E-state index contributed by atoms with van der Waals surface area (Å²) in [5, 5.41) is 19.6. The number of hydrogen-bond donors (Lipinski definition) is 2. The van der Waals surface area contributed by atoms with Gasteiger partial charge < -0.3 is 15.1 Å². The molecule has 1 fully saturated rings. The van der Waals surface area contributed by atoms with Gasteiger partial charge in [0.1, 0.15) is 0 Å². The lowest BCUT2D eigenvalue weighted by Crippen LogP contribution is -2.39. The van der Waals surface area contributed by atoms with E-state index < -0.39 is 11.7 Å². The van der Waals surface area contributed by atoms with Crippen LogP contribution < -0.4 is 0 Å². The van der Waals surface area contributed by atoms with Crippen molar-refractivity contribution in [3.8, 4) is 0 Å². The molecule has 0 radical (unpaired) electrons. The number of hydrogen-bond acceptors (Lipinski definition) is 2. The number of aliphatic hydroxyl groups is 1. The molecular weight excluding hydrogens is 266 g/mol. The highest BCUT2D eigenvalue weighted by molar-refractivity contribution is 5.65. The van der Waals surface area contributed by atoms with Crippen LogP contribution in [0.25, 0.3) is 0 Å². The molecule has 0 aliphatic heterocycles. The Bertz CT molecular complexity index is 452. The van der Waals surface area contributed by atoms with Gasteiger partial charge in [-0.05, 0) is 43.6 Å². The first-order valence-electron chi connectivity index (χ1n) is 7.76. The van der Waals surface area contributed by atoms with Crippen LogP contribution in [-0.4, -0.2) is 33.4 Å². The topological polar surface area (TPSA) is 60.8 Å². The number of rotatable bonds is 5. The van der Waals surface area contributed by atoms with Gasteiger partial charge in [-0.25, -0.2) is 4.79 Å². The summed E-state index contributed by atoms with van der Waals surface area (Å²) in [4.78, 5) is 12.9. The van der Waals surface area contributed by atoms with Crippen molar-refractivity contribution < 1.29 is 15.0 Å². The van der Waals surface area contributed by atoms with E-state index in [4.69, 9.17) is 0 Å². The average Bonchev–Trinajstić information content (AvgIpc) is 2.50. The number of amides is 1. The first-order chi connectivity index (χ1) is 10.0. The first-order valence-corrected chi connectivity index (χ1v) is 7.76. The monoisotopic (exact) mass is 291 g/mol. The minimum atomic E-state index is -0.866. The smallest absolute Gasteiger partial charge is 0.407 e. The number of nitrogens with zero attached hydrogens (tertiary/aromatic N) is 1. The van der Waals surface area contributed by atoms with Crippen molar-refractivity contribution in [3.63, 3.8) is 0 Å². The van der Waals surface area contributed by atoms with Gasteiger partial charge in [-0.2, -0.15) is 0 Å². The molecular formula is C17H25NO3. The maximum Gasteiger partial charge on any atom is 0.407 e. The Kier molecular flexibility index (Phi) is 5.23. The Morgan fingerprint density at radius 2 is 1.90 bits per heavy atom. The van der Waals surface area contributed by atoms with E-state index in [1.165, 1.54) is 4.90 Å². The summed E-state index contributed by atoms with van der Waals surface area (Å²) in [7, 11) is 0. The Morgan fingerprint density at radius 1 is 1.29 bits per heavy atom. The molecule has 0 unspecified atom stereocenters. The summed E-state index contributed by atoms with van der Waals surface area (Å²) >= 11 is 0. The maximum absolute atomic E-state index is 11.4. The highest BCUT2D eigenvalue weighted by Crippen LogP contribution is 2.34. The second kappa shape index (κ2) is 6.94. The number of carbonyl (C=O) groups is 1. The molecule has 0 aromatic heterocycles. The Balaban J connectivity index is 1.91. The van der Waals surface area contributed by atoms with E-state index in [2.05, 4.69) is 0 Å². The van der Waals surface area contributed by atoms with Gasteiger partial charge in [0.05, 0.1) is 5.60 Å². The number of carboxylic acid groups (broad SMARTS) is 1. The molecule has 1 aliphatic rings. The van der Waals surface area contributed by atoms with E-state index >= 15 is 0 Å². The van der Waals surface area contributed by atoms with Crippen molar-refractivity contribution in [1.29, 1.82) is 0 Å². The van der Waals surface area contributed by atoms with Gasteiger partial charge >= 0.3 is 6.09 Å². The zero-order valence-corrected chi connectivity index (χ0v) is 12.7. The van der Waals surface area contributed by atoms with Crippen molar-refractivity contribution in [2.75, 3.05) is 6.54 Å². The zero-order valence-electron chi connectivity index (χ0n) is 12.7. The van der Waals surface area contributed by atoms with Gasteiger partial charge in [0, 0.05) is 13.1 Å². The third-order valence-electron chi connectivity index (χ3n) is 4.66. The second-order valence-corrected chi connectivity index (χ2v) is 6.17. The molecule has 4 nitrogen and oxygen atoms in total. The minimum Gasteiger partial charge on any atom is -0.465 e. The number of benzene rings is 1. The third-order valence-corrected chi connectivity index (χ3v) is 4.66. The van der Waals surface area contributed by atoms with Crippen LogP contribution in [0.1, 0.15) is 44.6 Å². The predicted octanol–water partition coefficient (Wildman–Crippen LogP) is 3.50. The van der Waals surface area contributed by atoms with Gasteiger partial charge in [0.25, 0.3) is 0 Å². The minimum absolute atomic E-state index is 0.358. The molecule has 2 N–H and O–H groups in total. The largest absolute Gasteiger partial charge is 0.465 e. The van der Waals surface area contributed by atoms with Crippen LogP contribution in [0.4, 0.5) is 4.79 Å². The molecule has 0 spiro atoms. The Hall–Kier alpha value is -1.55. The summed E-state index contributed by atoms with van der Waals surface area (Å²) in [6.45, 7) is 3.01.